The quantitative estimate of drug-likeness (QED) is 0.155. The number of rotatable bonds is 2. The molecule has 52 heavy (non-hydrogen) atoms. The molecule has 0 aromatic heterocycles. The molecule has 0 bridgehead atoms. The van der Waals surface area contributed by atoms with E-state index >= 15 is 0 Å². The van der Waals surface area contributed by atoms with Gasteiger partial charge in [0.25, 0.3) is 0 Å². The van der Waals surface area contributed by atoms with Gasteiger partial charge in [0, 0.05) is 0 Å². The van der Waals surface area contributed by atoms with Gasteiger partial charge in [-0.3, -0.25) is 6.08 Å². The summed E-state index contributed by atoms with van der Waals surface area (Å²) in [6, 6.07) is 41.0. The standard InChI is InChI=1S/C21H12Cl2.C21H25.C5H5.2ClH.Zr/c22-20-11-9-14(16-5-1-3-7-18(16)20)13-15-10-12-21(23)19-8-4-2-6-17(15)19;1-20(2,3)16-7-9-18-14(12-16)11-15-13-17(21(4,5)6)8-10-19(15)18;1-2-4-5-3-1;;;/h1-12H;7-13H,1-6H3;1-3H,4H2;2*1H;/q;2*-1;;;+2/p-2. The van der Waals surface area contributed by atoms with Gasteiger partial charge < -0.3 is 24.8 Å². The second kappa shape index (κ2) is 17.5. The zero-order valence-electron chi connectivity index (χ0n) is 30.4. The summed E-state index contributed by atoms with van der Waals surface area (Å²) in [7, 11) is 0. The Morgan fingerprint density at radius 3 is 1.35 bits per heavy atom. The second-order valence-electron chi connectivity index (χ2n) is 14.9. The van der Waals surface area contributed by atoms with E-state index in [1.54, 1.807) is 0 Å². The van der Waals surface area contributed by atoms with Crippen LogP contribution in [-0.4, -0.2) is 3.21 Å². The van der Waals surface area contributed by atoms with Gasteiger partial charge in [0.15, 0.2) is 0 Å². The molecule has 8 rings (SSSR count). The first-order valence-corrected chi connectivity index (χ1v) is 19.1. The van der Waals surface area contributed by atoms with Gasteiger partial charge in [0.1, 0.15) is 0 Å². The molecule has 0 heterocycles. The van der Waals surface area contributed by atoms with Crippen LogP contribution >= 0.6 is 23.2 Å². The van der Waals surface area contributed by atoms with E-state index in [0.717, 1.165) is 27.2 Å². The number of allylic oxidation sites excluding steroid dienone is 4. The fourth-order valence-electron chi connectivity index (χ4n) is 6.40. The van der Waals surface area contributed by atoms with Gasteiger partial charge in [0.05, 0.1) is 0 Å². The van der Waals surface area contributed by atoms with Crippen molar-refractivity contribution in [3.05, 3.63) is 172 Å². The van der Waals surface area contributed by atoms with Gasteiger partial charge in [-0.15, -0.1) is 46.2 Å². The molecule has 0 radical (unpaired) electrons. The van der Waals surface area contributed by atoms with Crippen LogP contribution in [0.3, 0.4) is 0 Å². The van der Waals surface area contributed by atoms with E-state index in [4.69, 9.17) is 23.2 Å². The molecule has 0 saturated heterocycles. The number of benzene rings is 6. The monoisotopic (exact) mass is 836 g/mol. The van der Waals surface area contributed by atoms with Crippen LogP contribution in [0.15, 0.2) is 133 Å². The molecular formula is C47H42Cl4Zr-2. The van der Waals surface area contributed by atoms with Gasteiger partial charge in [-0.25, -0.2) is 12.2 Å². The molecule has 0 atom stereocenters. The van der Waals surface area contributed by atoms with Gasteiger partial charge in [-0.05, 0) is 10.8 Å². The van der Waals surface area contributed by atoms with E-state index in [9.17, 15) is 0 Å². The normalized spacial score (nSPS) is 12.2. The molecular weight excluding hydrogens is 798 g/mol. The van der Waals surface area contributed by atoms with Gasteiger partial charge >= 0.3 is 166 Å². The number of hydrogen-bond acceptors (Lipinski definition) is 0. The predicted octanol–water partition coefficient (Wildman–Crippen LogP) is 8.04. The van der Waals surface area contributed by atoms with Crippen LogP contribution in [-0.2, 0) is 35.1 Å². The molecule has 0 fully saturated rings. The van der Waals surface area contributed by atoms with Crippen LogP contribution in [0.4, 0.5) is 0 Å². The molecule has 7 aromatic rings. The maximum atomic E-state index is 6.38. The first-order valence-electron chi connectivity index (χ1n) is 17.1. The first kappa shape index (κ1) is 41.9. The molecule has 0 nitrogen and oxygen atoms in total. The summed E-state index contributed by atoms with van der Waals surface area (Å²) in [6.45, 7) is 13.6. The molecule has 0 N–H and O–H groups in total. The fourth-order valence-corrected chi connectivity index (χ4v) is 7.93. The number of fused-ring (bicyclic) bond motifs is 5. The molecule has 264 valence electrons. The predicted molar refractivity (Wildman–Crippen MR) is 217 cm³/mol. The summed E-state index contributed by atoms with van der Waals surface area (Å²) in [5, 5.41) is 11.6. The van der Waals surface area contributed by atoms with Crippen LogP contribution in [0.25, 0.3) is 43.1 Å². The Hall–Kier alpha value is -2.90. The Labute approximate surface area is 346 Å². The molecule has 7 aromatic carbocycles. The minimum Gasteiger partial charge on any atom is -1.00 e. The van der Waals surface area contributed by atoms with Crippen molar-refractivity contribution in [1.29, 1.82) is 0 Å². The zero-order chi connectivity index (χ0) is 35.6. The maximum Gasteiger partial charge on any atom is -0.109 e. The third-order valence-electron chi connectivity index (χ3n) is 9.30. The zero-order valence-corrected chi connectivity index (χ0v) is 35.9. The minimum atomic E-state index is 0. The van der Waals surface area contributed by atoms with E-state index in [1.807, 2.05) is 36.4 Å². The Balaban J connectivity index is 0.000000199. The molecule has 0 spiro atoms. The third kappa shape index (κ3) is 9.24. The average Bonchev–Trinajstić information content (AvgIpc) is 3.80. The van der Waals surface area contributed by atoms with Gasteiger partial charge in [-0.2, -0.15) is 6.08 Å². The molecule has 1 aliphatic carbocycles. The summed E-state index contributed by atoms with van der Waals surface area (Å²) in [5.41, 5.74) is 5.69. The van der Waals surface area contributed by atoms with Crippen molar-refractivity contribution < 1.29 is 49.0 Å². The van der Waals surface area contributed by atoms with E-state index < -0.39 is 0 Å². The molecule has 0 aliphatic heterocycles. The molecule has 0 amide bonds. The summed E-state index contributed by atoms with van der Waals surface area (Å²) >= 11 is 14.1. The first-order chi connectivity index (χ1) is 23.8. The van der Waals surface area contributed by atoms with Crippen LogP contribution in [0.1, 0.15) is 70.2 Å². The van der Waals surface area contributed by atoms with Crippen molar-refractivity contribution in [3.8, 4) is 0 Å². The fraction of sp³-hybridized carbons (Fsp3) is 0.191. The summed E-state index contributed by atoms with van der Waals surface area (Å²) in [4.78, 5) is 0. The Kier molecular flexibility index (Phi) is 14.1. The third-order valence-corrected chi connectivity index (χ3v) is 11.3. The summed E-state index contributed by atoms with van der Waals surface area (Å²) < 4.78 is 1.31. The second-order valence-corrected chi connectivity index (χ2v) is 17.0. The Morgan fingerprint density at radius 2 is 1.00 bits per heavy atom. The van der Waals surface area contributed by atoms with Crippen molar-refractivity contribution in [2.45, 2.75) is 58.8 Å². The van der Waals surface area contributed by atoms with Crippen molar-refractivity contribution in [1.82, 2.24) is 0 Å². The summed E-state index contributed by atoms with van der Waals surface area (Å²) in [5.74, 6) is 0. The van der Waals surface area contributed by atoms with Crippen molar-refractivity contribution in [3.63, 3.8) is 0 Å². The maximum absolute atomic E-state index is 6.38. The van der Waals surface area contributed by atoms with Crippen molar-refractivity contribution >= 4 is 69.5 Å². The number of halogens is 4. The van der Waals surface area contributed by atoms with E-state index in [2.05, 4.69) is 145 Å². The van der Waals surface area contributed by atoms with E-state index in [1.165, 1.54) is 82.0 Å². The Morgan fingerprint density at radius 1 is 0.577 bits per heavy atom. The summed E-state index contributed by atoms with van der Waals surface area (Å²) in [6.07, 6.45) is 10.0. The minimum absolute atomic E-state index is 0. The average molecular weight is 840 g/mol. The SMILES string of the molecule is CC(C)(C)c1ccc2c(c1)[cH-]c1cc(C(C)(C)C)ccc12.Clc1ccc([C](=[Zr+2])c2ccc(Cl)c3ccccc23)c2ccccc12.[C-]1=CC=CC1.[Cl-].[Cl-]. The largest absolute Gasteiger partial charge is 1.00 e. The topological polar surface area (TPSA) is 0 Å². The van der Waals surface area contributed by atoms with Crippen molar-refractivity contribution in [2.75, 3.05) is 0 Å². The molecule has 0 unspecified atom stereocenters. The van der Waals surface area contributed by atoms with Gasteiger partial charge in [0.2, 0.25) is 0 Å². The van der Waals surface area contributed by atoms with Crippen LogP contribution in [0.5, 0.6) is 0 Å². The van der Waals surface area contributed by atoms with Crippen LogP contribution in [0.2, 0.25) is 10.0 Å². The smallest absolute Gasteiger partial charge is 0.109 e. The van der Waals surface area contributed by atoms with E-state index in [0.29, 0.717) is 0 Å². The van der Waals surface area contributed by atoms with E-state index in [-0.39, 0.29) is 35.6 Å². The van der Waals surface area contributed by atoms with Crippen LogP contribution in [0, 0.1) is 6.08 Å². The number of hydrogen-bond donors (Lipinski definition) is 0. The molecule has 5 heteroatoms. The molecule has 0 saturated carbocycles. The van der Waals surface area contributed by atoms with Gasteiger partial charge in [-0.1, -0.05) is 76.9 Å². The Bertz CT molecular complexity index is 2250. The van der Waals surface area contributed by atoms with Crippen molar-refractivity contribution in [2.24, 2.45) is 0 Å². The van der Waals surface area contributed by atoms with Crippen LogP contribution < -0.4 is 24.8 Å². The molecule has 1 aliphatic rings.